The molecule has 1 aromatic rings. The van der Waals surface area contributed by atoms with E-state index in [4.69, 9.17) is 4.42 Å². The van der Waals surface area contributed by atoms with Gasteiger partial charge in [-0.3, -0.25) is 4.79 Å². The SMILES string of the molecule is C[C@H]1N(CC2CC2)C=CC2CC(N(C)C(=O)/C=C/c3ccoc3)CCC21O. The Kier molecular flexibility index (Phi) is 4.89. The van der Waals surface area contributed by atoms with E-state index in [-0.39, 0.29) is 23.9 Å². The van der Waals surface area contributed by atoms with Crippen LogP contribution in [0.4, 0.5) is 0 Å². The summed E-state index contributed by atoms with van der Waals surface area (Å²) in [6.07, 6.45) is 16.0. The number of furan rings is 1. The first-order valence-electron chi connectivity index (χ1n) is 10.1. The lowest BCUT2D eigenvalue weighted by atomic mass is 9.68. The van der Waals surface area contributed by atoms with Crippen LogP contribution in [-0.4, -0.2) is 52.1 Å². The van der Waals surface area contributed by atoms with E-state index in [1.807, 2.05) is 18.0 Å². The molecule has 1 N–H and O–H groups in total. The Morgan fingerprint density at radius 3 is 2.96 bits per heavy atom. The fourth-order valence-electron chi connectivity index (χ4n) is 4.60. The molecule has 5 nitrogen and oxygen atoms in total. The largest absolute Gasteiger partial charge is 0.472 e. The van der Waals surface area contributed by atoms with E-state index in [2.05, 4.69) is 24.1 Å². The molecule has 0 radical (unpaired) electrons. The Morgan fingerprint density at radius 2 is 2.26 bits per heavy atom. The Morgan fingerprint density at radius 1 is 1.44 bits per heavy atom. The zero-order valence-electron chi connectivity index (χ0n) is 16.3. The van der Waals surface area contributed by atoms with Gasteiger partial charge >= 0.3 is 0 Å². The van der Waals surface area contributed by atoms with Crippen molar-refractivity contribution in [2.24, 2.45) is 11.8 Å². The van der Waals surface area contributed by atoms with Crippen LogP contribution in [0.1, 0.15) is 44.6 Å². The van der Waals surface area contributed by atoms with Crippen LogP contribution in [0.5, 0.6) is 0 Å². The zero-order chi connectivity index (χ0) is 19.0. The number of nitrogens with zero attached hydrogens (tertiary/aromatic N) is 2. The van der Waals surface area contributed by atoms with Crippen molar-refractivity contribution < 1.29 is 14.3 Å². The van der Waals surface area contributed by atoms with Gasteiger partial charge in [-0.05, 0) is 63.3 Å². The maximum absolute atomic E-state index is 12.5. The number of carbonyl (C=O) groups excluding carboxylic acids is 1. The molecule has 0 bridgehead atoms. The lowest BCUT2D eigenvalue weighted by Crippen LogP contribution is -2.60. The molecular formula is C22H30N2O3. The molecule has 146 valence electrons. The highest BCUT2D eigenvalue weighted by Gasteiger charge is 2.49. The molecule has 1 aliphatic heterocycles. The van der Waals surface area contributed by atoms with Gasteiger partial charge in [-0.1, -0.05) is 6.08 Å². The summed E-state index contributed by atoms with van der Waals surface area (Å²) in [6.45, 7) is 3.22. The predicted molar refractivity (Wildman–Crippen MR) is 105 cm³/mol. The number of fused-ring (bicyclic) bond motifs is 1. The molecule has 0 saturated heterocycles. The van der Waals surface area contributed by atoms with Crippen molar-refractivity contribution in [1.82, 2.24) is 9.80 Å². The maximum Gasteiger partial charge on any atom is 0.246 e. The van der Waals surface area contributed by atoms with Crippen molar-refractivity contribution in [1.29, 1.82) is 0 Å². The number of carbonyl (C=O) groups is 1. The summed E-state index contributed by atoms with van der Waals surface area (Å²) in [7, 11) is 1.87. The Hall–Kier alpha value is -2.01. The molecule has 2 saturated carbocycles. The third-order valence-corrected chi connectivity index (χ3v) is 6.80. The molecule has 5 heteroatoms. The Labute approximate surface area is 161 Å². The van der Waals surface area contributed by atoms with E-state index in [9.17, 15) is 9.90 Å². The fourth-order valence-corrected chi connectivity index (χ4v) is 4.60. The van der Waals surface area contributed by atoms with Gasteiger partial charge in [0.1, 0.15) is 0 Å². The minimum Gasteiger partial charge on any atom is -0.472 e. The summed E-state index contributed by atoms with van der Waals surface area (Å²) in [6, 6.07) is 2.12. The first kappa shape index (κ1) is 18.4. The van der Waals surface area contributed by atoms with Crippen molar-refractivity contribution in [3.63, 3.8) is 0 Å². The third-order valence-electron chi connectivity index (χ3n) is 6.80. The van der Waals surface area contributed by atoms with Gasteiger partial charge in [0.05, 0.1) is 24.2 Å². The standard InChI is InChI=1S/C22H30N2O3/c1-16-22(26)10-7-20(13-19(22)8-11-24(16)14-17-3-4-17)23(2)21(25)6-5-18-9-12-27-15-18/h5-6,8-9,11-12,15-17,19-20,26H,3-4,7,10,13-14H2,1-2H3/b6-5+/t16-,19?,20?,22?/m1/s1. The van der Waals surface area contributed by atoms with Crippen LogP contribution in [0.2, 0.25) is 0 Å². The van der Waals surface area contributed by atoms with Gasteiger partial charge < -0.3 is 19.3 Å². The van der Waals surface area contributed by atoms with Crippen LogP contribution in [0.25, 0.3) is 6.08 Å². The fraction of sp³-hybridized carbons (Fsp3) is 0.591. The predicted octanol–water partition coefficient (Wildman–Crippen LogP) is 3.28. The minimum absolute atomic E-state index is 0.00478. The van der Waals surface area contributed by atoms with Gasteiger partial charge in [-0.2, -0.15) is 0 Å². The van der Waals surface area contributed by atoms with Crippen LogP contribution >= 0.6 is 0 Å². The number of aliphatic hydroxyl groups is 1. The molecular weight excluding hydrogens is 340 g/mol. The van der Waals surface area contributed by atoms with E-state index >= 15 is 0 Å². The first-order chi connectivity index (χ1) is 13.0. The number of likely N-dealkylation sites (N-methyl/N-ethyl adjacent to an activating group) is 1. The number of hydrogen-bond acceptors (Lipinski definition) is 4. The summed E-state index contributed by atoms with van der Waals surface area (Å²) in [5.74, 6) is 0.906. The van der Waals surface area contributed by atoms with Gasteiger partial charge in [-0.15, -0.1) is 0 Å². The second-order valence-electron chi connectivity index (χ2n) is 8.52. The molecule has 1 amide bonds. The zero-order valence-corrected chi connectivity index (χ0v) is 16.3. The second kappa shape index (κ2) is 7.19. The van der Waals surface area contributed by atoms with E-state index in [1.165, 1.54) is 12.8 Å². The highest BCUT2D eigenvalue weighted by molar-refractivity contribution is 5.91. The maximum atomic E-state index is 12.5. The van der Waals surface area contributed by atoms with Gasteiger partial charge in [0.15, 0.2) is 0 Å². The Bertz CT molecular complexity index is 722. The van der Waals surface area contributed by atoms with Gasteiger partial charge in [0.2, 0.25) is 5.91 Å². The average Bonchev–Trinajstić information content (AvgIpc) is 3.33. The molecule has 3 aliphatic rings. The van der Waals surface area contributed by atoms with E-state index in [0.717, 1.165) is 37.3 Å². The molecule has 2 aliphatic carbocycles. The van der Waals surface area contributed by atoms with Gasteiger partial charge in [0.25, 0.3) is 0 Å². The molecule has 1 aromatic heterocycles. The summed E-state index contributed by atoms with van der Waals surface area (Å²) >= 11 is 0. The Balaban J connectivity index is 1.40. The summed E-state index contributed by atoms with van der Waals surface area (Å²) in [5.41, 5.74) is 0.200. The topological polar surface area (TPSA) is 56.9 Å². The summed E-state index contributed by atoms with van der Waals surface area (Å²) in [4.78, 5) is 16.7. The number of rotatable bonds is 5. The molecule has 4 atom stereocenters. The lowest BCUT2D eigenvalue weighted by Gasteiger charge is -2.52. The smallest absolute Gasteiger partial charge is 0.246 e. The second-order valence-corrected chi connectivity index (χ2v) is 8.52. The monoisotopic (exact) mass is 370 g/mol. The molecule has 2 fully saturated rings. The van der Waals surface area contributed by atoms with Crippen LogP contribution in [0.3, 0.4) is 0 Å². The molecule has 3 unspecified atom stereocenters. The highest BCUT2D eigenvalue weighted by Crippen LogP contribution is 2.44. The van der Waals surface area contributed by atoms with Crippen molar-refractivity contribution in [2.75, 3.05) is 13.6 Å². The quantitative estimate of drug-likeness (QED) is 0.808. The normalized spacial score (nSPS) is 33.3. The van der Waals surface area contributed by atoms with Crippen molar-refractivity contribution in [3.05, 3.63) is 42.5 Å². The average molecular weight is 370 g/mol. The number of amides is 1. The minimum atomic E-state index is -0.684. The van der Waals surface area contributed by atoms with E-state index in [1.54, 1.807) is 24.7 Å². The molecule has 4 rings (SSSR count). The summed E-state index contributed by atoms with van der Waals surface area (Å²) < 4.78 is 5.02. The third kappa shape index (κ3) is 3.70. The van der Waals surface area contributed by atoms with Crippen LogP contribution in [0.15, 0.2) is 41.4 Å². The number of hydrogen-bond donors (Lipinski definition) is 1. The van der Waals surface area contributed by atoms with Crippen LogP contribution in [0, 0.1) is 11.8 Å². The van der Waals surface area contributed by atoms with Crippen LogP contribution < -0.4 is 0 Å². The summed E-state index contributed by atoms with van der Waals surface area (Å²) in [5, 5.41) is 11.4. The molecule has 0 aromatic carbocycles. The van der Waals surface area contributed by atoms with Gasteiger partial charge in [-0.25, -0.2) is 0 Å². The van der Waals surface area contributed by atoms with E-state index in [0.29, 0.717) is 0 Å². The van der Waals surface area contributed by atoms with E-state index < -0.39 is 5.60 Å². The molecule has 0 spiro atoms. The van der Waals surface area contributed by atoms with Crippen molar-refractivity contribution in [3.8, 4) is 0 Å². The van der Waals surface area contributed by atoms with Crippen molar-refractivity contribution in [2.45, 2.75) is 56.7 Å². The lowest BCUT2D eigenvalue weighted by molar-refractivity contribution is -0.133. The molecule has 2 heterocycles. The highest BCUT2D eigenvalue weighted by atomic mass is 16.3. The van der Waals surface area contributed by atoms with Crippen LogP contribution in [-0.2, 0) is 4.79 Å². The van der Waals surface area contributed by atoms with Crippen molar-refractivity contribution >= 4 is 12.0 Å². The first-order valence-corrected chi connectivity index (χ1v) is 10.1. The molecule has 27 heavy (non-hydrogen) atoms. The van der Waals surface area contributed by atoms with Gasteiger partial charge in [0, 0.05) is 37.2 Å².